The van der Waals surface area contributed by atoms with E-state index >= 15 is 0 Å². The molecule has 0 saturated heterocycles. The second kappa shape index (κ2) is 10.3. The summed E-state index contributed by atoms with van der Waals surface area (Å²) in [5.41, 5.74) is 9.42. The molecule has 10 aromatic rings. The smallest absolute Gasteiger partial charge is 0.497 e. The zero-order chi connectivity index (χ0) is 31.4. The molecule has 0 aliphatic carbocycles. The second-order valence-electron chi connectivity index (χ2n) is 13.1. The minimum Gasteiger partial charge on any atom is -0.497 e. The van der Waals surface area contributed by atoms with Crippen LogP contribution in [0.2, 0.25) is 0 Å². The number of nitrogens with zero attached hydrogens (tertiary/aromatic N) is 6. The van der Waals surface area contributed by atoms with Crippen molar-refractivity contribution in [2.24, 2.45) is 0 Å². The van der Waals surface area contributed by atoms with Gasteiger partial charge in [0.25, 0.3) is 0 Å². The van der Waals surface area contributed by atoms with Crippen LogP contribution in [0.5, 0.6) is 11.5 Å². The molecule has 0 aliphatic rings. The fourth-order valence-electron chi connectivity index (χ4n) is 6.90. The van der Waals surface area contributed by atoms with Crippen molar-refractivity contribution in [2.75, 3.05) is 0 Å². The number of ether oxygens (including phenoxy) is 1. The van der Waals surface area contributed by atoms with E-state index in [1.165, 1.54) is 5.56 Å². The minimum absolute atomic E-state index is 0. The summed E-state index contributed by atoms with van der Waals surface area (Å²) >= 11 is 0. The molecule has 232 valence electrons. The number of hydrogen-bond donors (Lipinski definition) is 0. The number of benzene rings is 5. The molecule has 10 rings (SSSR count). The Balaban J connectivity index is 0.00000314. The number of pyridine rings is 2. The Morgan fingerprint density at radius 3 is 1.88 bits per heavy atom. The van der Waals surface area contributed by atoms with Gasteiger partial charge in [0.05, 0.1) is 38.9 Å². The topological polar surface area (TPSA) is 69.6 Å². The van der Waals surface area contributed by atoms with E-state index in [2.05, 4.69) is 89.2 Å². The number of rotatable bonds is 2. The Bertz CT molecular complexity index is 2940. The van der Waals surface area contributed by atoms with Crippen LogP contribution in [0.25, 0.3) is 77.0 Å². The predicted octanol–water partition coefficient (Wildman–Crippen LogP) is 9.38. The molecule has 5 aromatic heterocycles. The molecule has 0 amide bonds. The van der Waals surface area contributed by atoms with Gasteiger partial charge in [-0.1, -0.05) is 103 Å². The van der Waals surface area contributed by atoms with E-state index in [-0.39, 0.29) is 25.8 Å². The quantitative estimate of drug-likeness (QED) is 0.102. The SMILES string of the molecule is CC(C)(C)c1ccc2c3ccc(Oc4[c-]c5c(cc4)c4nccnc4n4c6ccccc6nc54)[c-]c3c3nc4ccccc4n3c2c1.[Pd+2]. The van der Waals surface area contributed by atoms with Crippen LogP contribution in [-0.4, -0.2) is 28.7 Å². The molecule has 0 unspecified atom stereocenters. The van der Waals surface area contributed by atoms with E-state index in [0.717, 1.165) is 77.0 Å². The van der Waals surface area contributed by atoms with Gasteiger partial charge >= 0.3 is 20.4 Å². The standard InChI is InChI=1S/C40H26N6O.Pd/c1-40(2,3)23-12-15-27-26-16-13-24(21-29(26)37-43-31-8-4-6-10-33(31)45(37)35(27)20-23)47-25-14-17-28-30(22-25)38-44-32-9-5-7-11-34(32)46(38)39-36(28)41-18-19-42-39;/h4-20H,1-3H3;/q-2;+2. The second-order valence-corrected chi connectivity index (χ2v) is 13.1. The van der Waals surface area contributed by atoms with Crippen molar-refractivity contribution in [3.05, 3.63) is 121 Å². The zero-order valence-electron chi connectivity index (χ0n) is 26.2. The Kier molecular flexibility index (Phi) is 6.17. The monoisotopic (exact) mass is 712 g/mol. The van der Waals surface area contributed by atoms with Crippen molar-refractivity contribution in [3.63, 3.8) is 0 Å². The predicted molar refractivity (Wildman–Crippen MR) is 187 cm³/mol. The molecule has 0 saturated carbocycles. The molecule has 0 spiro atoms. The molecule has 5 heterocycles. The summed E-state index contributed by atoms with van der Waals surface area (Å²) in [5.74, 6) is 1.14. The van der Waals surface area contributed by atoms with Crippen LogP contribution in [0.3, 0.4) is 0 Å². The first-order valence-corrected chi connectivity index (χ1v) is 15.7. The van der Waals surface area contributed by atoms with Gasteiger partial charge in [0.2, 0.25) is 0 Å². The Morgan fingerprint density at radius 1 is 0.583 bits per heavy atom. The van der Waals surface area contributed by atoms with Crippen LogP contribution in [0.15, 0.2) is 103 Å². The minimum atomic E-state index is 0. The number of aromatic nitrogens is 6. The van der Waals surface area contributed by atoms with Gasteiger partial charge < -0.3 is 13.5 Å². The largest absolute Gasteiger partial charge is 2.00 e. The van der Waals surface area contributed by atoms with Crippen molar-refractivity contribution < 1.29 is 25.2 Å². The molecule has 0 N–H and O–H groups in total. The van der Waals surface area contributed by atoms with Crippen LogP contribution < -0.4 is 4.74 Å². The molecule has 7 nitrogen and oxygen atoms in total. The van der Waals surface area contributed by atoms with Crippen LogP contribution in [0.1, 0.15) is 26.3 Å². The van der Waals surface area contributed by atoms with Crippen molar-refractivity contribution in [2.45, 2.75) is 26.2 Å². The molecule has 0 bridgehead atoms. The fourth-order valence-corrected chi connectivity index (χ4v) is 6.90. The van der Waals surface area contributed by atoms with Gasteiger partial charge in [0, 0.05) is 29.4 Å². The number of para-hydroxylation sites is 4. The maximum absolute atomic E-state index is 6.51. The molecular formula is C40H26N6OPd. The van der Waals surface area contributed by atoms with Gasteiger partial charge in [-0.25, -0.2) is 4.98 Å². The van der Waals surface area contributed by atoms with E-state index in [9.17, 15) is 0 Å². The first-order chi connectivity index (χ1) is 22.9. The first-order valence-electron chi connectivity index (χ1n) is 15.7. The number of hydrogen-bond acceptors (Lipinski definition) is 5. The Labute approximate surface area is 288 Å². The molecule has 0 radical (unpaired) electrons. The van der Waals surface area contributed by atoms with E-state index in [1.807, 2.05) is 48.5 Å². The summed E-state index contributed by atoms with van der Waals surface area (Å²) in [6, 6.07) is 38.2. The molecule has 48 heavy (non-hydrogen) atoms. The normalized spacial score (nSPS) is 12.3. The Hall–Kier alpha value is -5.42. The van der Waals surface area contributed by atoms with Crippen molar-refractivity contribution in [1.82, 2.24) is 28.7 Å². The molecule has 5 aromatic carbocycles. The number of fused-ring (bicyclic) bond motifs is 16. The zero-order valence-corrected chi connectivity index (χ0v) is 27.8. The molecule has 0 fully saturated rings. The van der Waals surface area contributed by atoms with Gasteiger partial charge in [-0.15, -0.1) is 12.1 Å². The summed E-state index contributed by atoms with van der Waals surface area (Å²) in [5, 5.41) is 4.85. The van der Waals surface area contributed by atoms with Gasteiger partial charge in [0.15, 0.2) is 0 Å². The first kappa shape index (κ1) is 28.8. The molecular weight excluding hydrogens is 687 g/mol. The maximum Gasteiger partial charge on any atom is 2.00 e. The van der Waals surface area contributed by atoms with Gasteiger partial charge in [-0.3, -0.25) is 15.0 Å². The summed E-state index contributed by atoms with van der Waals surface area (Å²) in [6.45, 7) is 6.74. The average molecular weight is 713 g/mol. The van der Waals surface area contributed by atoms with Crippen LogP contribution in [0.4, 0.5) is 0 Å². The van der Waals surface area contributed by atoms with E-state index in [4.69, 9.17) is 19.7 Å². The Morgan fingerprint density at radius 2 is 1.17 bits per heavy atom. The molecule has 0 atom stereocenters. The van der Waals surface area contributed by atoms with Gasteiger partial charge in [0.1, 0.15) is 5.65 Å². The van der Waals surface area contributed by atoms with Crippen LogP contribution >= 0.6 is 0 Å². The third kappa shape index (κ3) is 4.10. The molecule has 0 aliphatic heterocycles. The van der Waals surface area contributed by atoms with Gasteiger partial charge in [-0.2, -0.15) is 0 Å². The molecule has 8 heteroatoms. The average Bonchev–Trinajstić information content (AvgIpc) is 3.68. The summed E-state index contributed by atoms with van der Waals surface area (Å²) in [6.07, 6.45) is 3.43. The van der Waals surface area contributed by atoms with Crippen LogP contribution in [0, 0.1) is 12.1 Å². The van der Waals surface area contributed by atoms with Crippen molar-refractivity contribution in [1.29, 1.82) is 0 Å². The number of imidazole rings is 2. The third-order valence-corrected chi connectivity index (χ3v) is 9.17. The van der Waals surface area contributed by atoms with E-state index in [0.29, 0.717) is 11.5 Å². The van der Waals surface area contributed by atoms with E-state index in [1.54, 1.807) is 12.4 Å². The summed E-state index contributed by atoms with van der Waals surface area (Å²) in [4.78, 5) is 19.5. The summed E-state index contributed by atoms with van der Waals surface area (Å²) in [7, 11) is 0. The summed E-state index contributed by atoms with van der Waals surface area (Å²) < 4.78 is 10.8. The van der Waals surface area contributed by atoms with Crippen molar-refractivity contribution in [3.8, 4) is 11.5 Å². The van der Waals surface area contributed by atoms with E-state index < -0.39 is 0 Å². The van der Waals surface area contributed by atoms with Gasteiger partial charge in [-0.05, 0) is 46.7 Å². The maximum atomic E-state index is 6.51. The third-order valence-electron chi connectivity index (χ3n) is 9.17. The van der Waals surface area contributed by atoms with Crippen molar-refractivity contribution >= 4 is 77.0 Å². The van der Waals surface area contributed by atoms with Crippen LogP contribution in [-0.2, 0) is 25.8 Å². The fraction of sp³-hybridized carbons (Fsp3) is 0.100.